The van der Waals surface area contributed by atoms with Gasteiger partial charge in [-0.2, -0.15) is 0 Å². The van der Waals surface area contributed by atoms with Gasteiger partial charge in [0.25, 0.3) is 0 Å². The molecule has 3 nitrogen and oxygen atoms in total. The van der Waals surface area contributed by atoms with Crippen LogP contribution in [0.1, 0.15) is 37.9 Å². The lowest BCUT2D eigenvalue weighted by Gasteiger charge is -2.16. The maximum Gasteiger partial charge on any atom is 0.167 e. The van der Waals surface area contributed by atoms with E-state index in [1.807, 2.05) is 13.8 Å². The van der Waals surface area contributed by atoms with E-state index in [1.54, 1.807) is 6.07 Å². The molecular formula is C15H19FN2O. The van der Waals surface area contributed by atoms with Crippen LogP contribution < -0.4 is 10.5 Å². The minimum atomic E-state index is -0.405. The fourth-order valence-corrected chi connectivity index (χ4v) is 2.43. The number of benzene rings is 1. The van der Waals surface area contributed by atoms with Crippen LogP contribution in [-0.4, -0.2) is 11.6 Å². The molecule has 0 aliphatic heterocycles. The summed E-state index contributed by atoms with van der Waals surface area (Å²) in [6, 6.07) is 3.02. The molecule has 1 aromatic heterocycles. The van der Waals surface area contributed by atoms with Gasteiger partial charge < -0.3 is 10.5 Å². The molecule has 0 atom stereocenters. The number of hydrogen-bond donors (Lipinski definition) is 1. The third-order valence-electron chi connectivity index (χ3n) is 3.19. The van der Waals surface area contributed by atoms with Crippen LogP contribution in [0, 0.1) is 12.7 Å². The Labute approximate surface area is 112 Å². The molecule has 2 aromatic rings. The Morgan fingerprint density at radius 1 is 1.37 bits per heavy atom. The largest absolute Gasteiger partial charge is 0.491 e. The second kappa shape index (κ2) is 5.03. The van der Waals surface area contributed by atoms with E-state index in [-0.39, 0.29) is 11.7 Å². The highest BCUT2D eigenvalue weighted by molar-refractivity contribution is 5.93. The Morgan fingerprint density at radius 2 is 2.05 bits per heavy atom. The molecule has 0 unspecified atom stereocenters. The zero-order valence-electron chi connectivity index (χ0n) is 11.7. The lowest BCUT2D eigenvalue weighted by atomic mass is 9.97. The van der Waals surface area contributed by atoms with Gasteiger partial charge in [0.2, 0.25) is 0 Å². The van der Waals surface area contributed by atoms with Crippen molar-refractivity contribution in [2.75, 3.05) is 12.3 Å². The van der Waals surface area contributed by atoms with Crippen molar-refractivity contribution in [1.82, 2.24) is 4.98 Å². The number of fused-ring (bicyclic) bond motifs is 1. The first-order chi connectivity index (χ1) is 8.95. The fourth-order valence-electron chi connectivity index (χ4n) is 2.43. The summed E-state index contributed by atoms with van der Waals surface area (Å²) >= 11 is 0. The standard InChI is InChI=1S/C15H19FN2O/c1-5-19-13-6-10-12(7-11(13)16)18-9(4)14(8(2)3)15(10)17/h6-8H,5H2,1-4H3,(H2,17,18). The molecule has 0 saturated carbocycles. The van der Waals surface area contributed by atoms with Crippen molar-refractivity contribution in [2.45, 2.75) is 33.6 Å². The van der Waals surface area contributed by atoms with E-state index in [0.717, 1.165) is 16.6 Å². The molecule has 0 radical (unpaired) electrons. The van der Waals surface area contributed by atoms with Crippen LogP contribution in [0.15, 0.2) is 12.1 Å². The van der Waals surface area contributed by atoms with Crippen molar-refractivity contribution >= 4 is 16.6 Å². The molecule has 0 aliphatic carbocycles. The predicted octanol–water partition coefficient (Wildman–Crippen LogP) is 3.79. The molecule has 2 N–H and O–H groups in total. The van der Waals surface area contributed by atoms with Crippen molar-refractivity contribution in [1.29, 1.82) is 0 Å². The van der Waals surface area contributed by atoms with Gasteiger partial charge in [-0.1, -0.05) is 13.8 Å². The van der Waals surface area contributed by atoms with Crippen molar-refractivity contribution in [3.8, 4) is 5.75 Å². The van der Waals surface area contributed by atoms with Gasteiger partial charge in [-0.15, -0.1) is 0 Å². The molecular weight excluding hydrogens is 243 g/mol. The van der Waals surface area contributed by atoms with E-state index >= 15 is 0 Å². The summed E-state index contributed by atoms with van der Waals surface area (Å²) in [7, 11) is 0. The summed E-state index contributed by atoms with van der Waals surface area (Å²) in [5, 5.41) is 0.749. The average molecular weight is 262 g/mol. The van der Waals surface area contributed by atoms with Crippen LogP contribution in [0.4, 0.5) is 10.1 Å². The Balaban J connectivity index is 2.76. The van der Waals surface area contributed by atoms with Gasteiger partial charge in [0.1, 0.15) is 0 Å². The molecule has 2 rings (SSSR count). The van der Waals surface area contributed by atoms with E-state index in [1.165, 1.54) is 6.07 Å². The summed E-state index contributed by atoms with van der Waals surface area (Å²) in [6.45, 7) is 8.27. The second-order valence-electron chi connectivity index (χ2n) is 4.91. The normalized spacial score (nSPS) is 11.3. The van der Waals surface area contributed by atoms with Crippen LogP contribution in [0.2, 0.25) is 0 Å². The summed E-state index contributed by atoms with van der Waals surface area (Å²) in [5.74, 6) is 0.0949. The number of anilines is 1. The number of hydrogen-bond acceptors (Lipinski definition) is 3. The quantitative estimate of drug-likeness (QED) is 0.915. The Bertz CT molecular complexity index is 623. The average Bonchev–Trinajstić information content (AvgIpc) is 2.31. The highest BCUT2D eigenvalue weighted by Crippen LogP contribution is 2.34. The van der Waals surface area contributed by atoms with E-state index in [2.05, 4.69) is 18.8 Å². The smallest absolute Gasteiger partial charge is 0.167 e. The van der Waals surface area contributed by atoms with Crippen molar-refractivity contribution in [2.24, 2.45) is 0 Å². The van der Waals surface area contributed by atoms with Gasteiger partial charge in [0.05, 0.1) is 12.1 Å². The summed E-state index contributed by atoms with van der Waals surface area (Å²) < 4.78 is 19.1. The number of nitrogens with two attached hydrogens (primary N) is 1. The van der Waals surface area contributed by atoms with Crippen LogP contribution in [0.25, 0.3) is 10.9 Å². The van der Waals surface area contributed by atoms with Crippen molar-refractivity contribution in [3.63, 3.8) is 0 Å². The second-order valence-corrected chi connectivity index (χ2v) is 4.91. The Hall–Kier alpha value is -1.84. The minimum absolute atomic E-state index is 0.224. The summed E-state index contributed by atoms with van der Waals surface area (Å²) in [5.41, 5.74) is 9.32. The number of nitrogen functional groups attached to an aromatic ring is 1. The predicted molar refractivity (Wildman–Crippen MR) is 76.1 cm³/mol. The highest BCUT2D eigenvalue weighted by Gasteiger charge is 2.15. The maximum absolute atomic E-state index is 13.8. The lowest BCUT2D eigenvalue weighted by molar-refractivity contribution is 0.322. The van der Waals surface area contributed by atoms with E-state index in [4.69, 9.17) is 10.5 Å². The highest BCUT2D eigenvalue weighted by atomic mass is 19.1. The van der Waals surface area contributed by atoms with E-state index < -0.39 is 5.82 Å². The van der Waals surface area contributed by atoms with E-state index in [0.29, 0.717) is 17.8 Å². The molecule has 102 valence electrons. The van der Waals surface area contributed by atoms with Crippen LogP contribution in [-0.2, 0) is 0 Å². The van der Waals surface area contributed by atoms with Crippen LogP contribution >= 0.6 is 0 Å². The van der Waals surface area contributed by atoms with Gasteiger partial charge in [0.15, 0.2) is 11.6 Å². The first kappa shape index (κ1) is 13.6. The number of aromatic nitrogens is 1. The molecule has 0 fully saturated rings. The number of halogens is 1. The minimum Gasteiger partial charge on any atom is -0.491 e. The Morgan fingerprint density at radius 3 is 2.63 bits per heavy atom. The molecule has 1 heterocycles. The SMILES string of the molecule is CCOc1cc2c(N)c(C(C)C)c(C)nc2cc1F. The molecule has 4 heteroatoms. The van der Waals surface area contributed by atoms with Gasteiger partial charge in [-0.3, -0.25) is 4.98 Å². The van der Waals surface area contributed by atoms with Gasteiger partial charge in [0, 0.05) is 22.8 Å². The first-order valence-electron chi connectivity index (χ1n) is 6.47. The number of ether oxygens (including phenoxy) is 1. The van der Waals surface area contributed by atoms with Gasteiger partial charge in [-0.25, -0.2) is 4.39 Å². The number of pyridine rings is 1. The fraction of sp³-hybridized carbons (Fsp3) is 0.400. The molecule has 0 spiro atoms. The number of rotatable bonds is 3. The molecule has 19 heavy (non-hydrogen) atoms. The summed E-state index contributed by atoms with van der Waals surface area (Å²) in [4.78, 5) is 4.44. The first-order valence-corrected chi connectivity index (χ1v) is 6.47. The topological polar surface area (TPSA) is 48.1 Å². The van der Waals surface area contributed by atoms with Gasteiger partial charge >= 0.3 is 0 Å². The number of aryl methyl sites for hydroxylation is 1. The third kappa shape index (κ3) is 2.35. The van der Waals surface area contributed by atoms with Crippen LogP contribution in [0.5, 0.6) is 5.75 Å². The molecule has 0 saturated heterocycles. The van der Waals surface area contributed by atoms with Crippen LogP contribution in [0.3, 0.4) is 0 Å². The third-order valence-corrected chi connectivity index (χ3v) is 3.19. The molecule has 1 aromatic carbocycles. The van der Waals surface area contributed by atoms with E-state index in [9.17, 15) is 4.39 Å². The van der Waals surface area contributed by atoms with Crippen molar-refractivity contribution in [3.05, 3.63) is 29.2 Å². The molecule has 0 amide bonds. The zero-order chi connectivity index (χ0) is 14.2. The summed E-state index contributed by atoms with van der Waals surface area (Å²) in [6.07, 6.45) is 0. The van der Waals surface area contributed by atoms with Crippen molar-refractivity contribution < 1.29 is 9.13 Å². The lowest BCUT2D eigenvalue weighted by Crippen LogP contribution is -2.04. The zero-order valence-corrected chi connectivity index (χ0v) is 11.7. The van der Waals surface area contributed by atoms with Gasteiger partial charge in [-0.05, 0) is 31.4 Å². The molecule has 0 aliphatic rings. The Kier molecular flexibility index (Phi) is 3.60. The number of nitrogens with zero attached hydrogens (tertiary/aromatic N) is 1. The monoisotopic (exact) mass is 262 g/mol. The molecule has 0 bridgehead atoms. The maximum atomic E-state index is 13.8.